The summed E-state index contributed by atoms with van der Waals surface area (Å²) in [7, 11) is 0. The predicted octanol–water partition coefficient (Wildman–Crippen LogP) is 2.66. The highest BCUT2D eigenvalue weighted by atomic mass is 16.5. The number of nitrogens with one attached hydrogen (secondary N) is 1. The van der Waals surface area contributed by atoms with Crippen molar-refractivity contribution in [3.63, 3.8) is 0 Å². The molecule has 1 aliphatic carbocycles. The van der Waals surface area contributed by atoms with Gasteiger partial charge in [0, 0.05) is 18.5 Å². The van der Waals surface area contributed by atoms with Crippen LogP contribution in [0.3, 0.4) is 0 Å². The van der Waals surface area contributed by atoms with Crippen LogP contribution in [-0.2, 0) is 0 Å². The van der Waals surface area contributed by atoms with Gasteiger partial charge >= 0.3 is 0 Å². The van der Waals surface area contributed by atoms with Gasteiger partial charge in [0.05, 0.1) is 13.2 Å². The summed E-state index contributed by atoms with van der Waals surface area (Å²) >= 11 is 0. The Bertz CT molecular complexity index is 401. The molecule has 1 aromatic rings. The molecule has 17 heavy (non-hydrogen) atoms. The average Bonchev–Trinajstić information content (AvgIpc) is 3.14. The molecule has 0 saturated heterocycles. The van der Waals surface area contributed by atoms with E-state index in [0.717, 1.165) is 37.2 Å². The second-order valence-electron chi connectivity index (χ2n) is 4.92. The van der Waals surface area contributed by atoms with Gasteiger partial charge in [-0.15, -0.1) is 0 Å². The molecular weight excluding hydrogens is 214 g/mol. The third-order valence-corrected chi connectivity index (χ3v) is 3.33. The van der Waals surface area contributed by atoms with Crippen LogP contribution in [0.15, 0.2) is 18.2 Å². The van der Waals surface area contributed by atoms with Crippen molar-refractivity contribution >= 4 is 0 Å². The molecule has 1 fully saturated rings. The lowest BCUT2D eigenvalue weighted by Crippen LogP contribution is -2.20. The van der Waals surface area contributed by atoms with E-state index in [4.69, 9.17) is 9.47 Å². The summed E-state index contributed by atoms with van der Waals surface area (Å²) in [6.07, 6.45) is 3.59. The highest BCUT2D eigenvalue weighted by Crippen LogP contribution is 2.33. The molecule has 2 aliphatic rings. The number of hydrogen-bond donors (Lipinski definition) is 1. The minimum Gasteiger partial charge on any atom is -0.490 e. The van der Waals surface area contributed by atoms with Gasteiger partial charge in [0.1, 0.15) is 0 Å². The Labute approximate surface area is 102 Å². The Morgan fingerprint density at radius 3 is 2.71 bits per heavy atom. The Kier molecular flexibility index (Phi) is 2.93. The zero-order chi connectivity index (χ0) is 11.7. The van der Waals surface area contributed by atoms with Crippen molar-refractivity contribution in [2.45, 2.75) is 38.3 Å². The Morgan fingerprint density at radius 1 is 1.18 bits per heavy atom. The molecule has 3 rings (SSSR count). The maximum Gasteiger partial charge on any atom is 0.161 e. The summed E-state index contributed by atoms with van der Waals surface area (Å²) in [5.41, 5.74) is 1.28. The highest BCUT2D eigenvalue weighted by molar-refractivity contribution is 5.44. The van der Waals surface area contributed by atoms with E-state index in [1.165, 1.54) is 18.4 Å². The fourth-order valence-corrected chi connectivity index (χ4v) is 2.15. The maximum absolute atomic E-state index is 5.71. The number of ether oxygens (including phenoxy) is 2. The van der Waals surface area contributed by atoms with E-state index in [9.17, 15) is 0 Å². The van der Waals surface area contributed by atoms with Gasteiger partial charge in [-0.05, 0) is 37.5 Å². The van der Waals surface area contributed by atoms with Crippen molar-refractivity contribution in [2.75, 3.05) is 13.2 Å². The third-order valence-electron chi connectivity index (χ3n) is 3.33. The van der Waals surface area contributed by atoms with Crippen molar-refractivity contribution in [1.29, 1.82) is 0 Å². The Morgan fingerprint density at radius 2 is 1.94 bits per heavy atom. The van der Waals surface area contributed by atoms with E-state index in [-0.39, 0.29) is 0 Å². The molecule has 3 heteroatoms. The maximum atomic E-state index is 5.71. The topological polar surface area (TPSA) is 30.5 Å². The van der Waals surface area contributed by atoms with Crippen LogP contribution in [0.4, 0.5) is 0 Å². The first-order valence-corrected chi connectivity index (χ1v) is 6.48. The first-order valence-electron chi connectivity index (χ1n) is 6.48. The van der Waals surface area contributed by atoms with Crippen LogP contribution in [0.2, 0.25) is 0 Å². The van der Waals surface area contributed by atoms with Crippen LogP contribution >= 0.6 is 0 Å². The molecule has 0 amide bonds. The van der Waals surface area contributed by atoms with Gasteiger partial charge in [0.2, 0.25) is 0 Å². The molecule has 1 heterocycles. The van der Waals surface area contributed by atoms with E-state index >= 15 is 0 Å². The van der Waals surface area contributed by atoms with Gasteiger partial charge in [-0.1, -0.05) is 6.07 Å². The SMILES string of the molecule is CC(NC1CC1)c1ccc2c(c1)OCCCO2. The molecule has 1 aromatic carbocycles. The predicted molar refractivity (Wildman–Crippen MR) is 66.6 cm³/mol. The van der Waals surface area contributed by atoms with Gasteiger partial charge < -0.3 is 14.8 Å². The molecule has 0 spiro atoms. The minimum atomic E-state index is 0.389. The van der Waals surface area contributed by atoms with Crippen LogP contribution in [0.5, 0.6) is 11.5 Å². The van der Waals surface area contributed by atoms with E-state index in [2.05, 4.69) is 24.4 Å². The van der Waals surface area contributed by atoms with Crippen molar-refractivity contribution < 1.29 is 9.47 Å². The highest BCUT2D eigenvalue weighted by Gasteiger charge is 2.23. The fourth-order valence-electron chi connectivity index (χ4n) is 2.15. The Hall–Kier alpha value is -1.22. The molecule has 1 saturated carbocycles. The summed E-state index contributed by atoms with van der Waals surface area (Å²) in [5.74, 6) is 1.77. The van der Waals surface area contributed by atoms with Crippen molar-refractivity contribution in [2.24, 2.45) is 0 Å². The quantitative estimate of drug-likeness (QED) is 0.870. The summed E-state index contributed by atoms with van der Waals surface area (Å²) < 4.78 is 11.3. The molecule has 1 atom stereocenters. The summed E-state index contributed by atoms with van der Waals surface area (Å²) in [4.78, 5) is 0. The molecule has 0 radical (unpaired) electrons. The molecule has 0 bridgehead atoms. The monoisotopic (exact) mass is 233 g/mol. The third kappa shape index (κ3) is 2.55. The second kappa shape index (κ2) is 4.57. The number of benzene rings is 1. The first-order chi connectivity index (χ1) is 8.33. The lowest BCUT2D eigenvalue weighted by molar-refractivity contribution is 0.297. The van der Waals surface area contributed by atoms with Gasteiger partial charge in [-0.2, -0.15) is 0 Å². The van der Waals surface area contributed by atoms with Gasteiger partial charge in [0.25, 0.3) is 0 Å². The van der Waals surface area contributed by atoms with Crippen molar-refractivity contribution in [3.8, 4) is 11.5 Å². The van der Waals surface area contributed by atoms with Crippen molar-refractivity contribution in [1.82, 2.24) is 5.32 Å². The summed E-state index contributed by atoms with van der Waals surface area (Å²) in [6, 6.07) is 7.38. The molecule has 1 unspecified atom stereocenters. The normalized spacial score (nSPS) is 20.8. The average molecular weight is 233 g/mol. The van der Waals surface area contributed by atoms with Gasteiger partial charge in [-0.25, -0.2) is 0 Å². The number of hydrogen-bond acceptors (Lipinski definition) is 3. The zero-order valence-corrected chi connectivity index (χ0v) is 10.2. The smallest absolute Gasteiger partial charge is 0.161 e. The van der Waals surface area contributed by atoms with E-state index in [1.807, 2.05) is 6.07 Å². The largest absolute Gasteiger partial charge is 0.490 e. The molecule has 0 aromatic heterocycles. The standard InChI is InChI=1S/C14H19NO2/c1-10(15-12-4-5-12)11-3-6-13-14(9-11)17-8-2-7-16-13/h3,6,9-10,12,15H,2,4-5,7-8H2,1H3. The number of fused-ring (bicyclic) bond motifs is 1. The van der Waals surface area contributed by atoms with Crippen LogP contribution in [0.1, 0.15) is 37.8 Å². The van der Waals surface area contributed by atoms with Crippen LogP contribution in [-0.4, -0.2) is 19.3 Å². The van der Waals surface area contributed by atoms with E-state index in [1.54, 1.807) is 0 Å². The van der Waals surface area contributed by atoms with Gasteiger partial charge in [-0.3, -0.25) is 0 Å². The molecule has 1 N–H and O–H groups in total. The first kappa shape index (κ1) is 10.9. The van der Waals surface area contributed by atoms with E-state index < -0.39 is 0 Å². The number of rotatable bonds is 3. The van der Waals surface area contributed by atoms with Crippen molar-refractivity contribution in [3.05, 3.63) is 23.8 Å². The van der Waals surface area contributed by atoms with Crippen LogP contribution < -0.4 is 14.8 Å². The lowest BCUT2D eigenvalue weighted by Gasteiger charge is -2.16. The molecule has 92 valence electrons. The van der Waals surface area contributed by atoms with Crippen LogP contribution in [0, 0.1) is 0 Å². The molecule has 1 aliphatic heterocycles. The van der Waals surface area contributed by atoms with E-state index in [0.29, 0.717) is 6.04 Å². The zero-order valence-electron chi connectivity index (χ0n) is 10.2. The summed E-state index contributed by atoms with van der Waals surface area (Å²) in [5, 5.41) is 3.60. The van der Waals surface area contributed by atoms with Crippen LogP contribution in [0.25, 0.3) is 0 Å². The van der Waals surface area contributed by atoms with Gasteiger partial charge in [0.15, 0.2) is 11.5 Å². The lowest BCUT2D eigenvalue weighted by atomic mass is 10.1. The fraction of sp³-hybridized carbons (Fsp3) is 0.571. The summed E-state index contributed by atoms with van der Waals surface area (Å²) in [6.45, 7) is 3.71. The molecular formula is C14H19NO2. The second-order valence-corrected chi connectivity index (χ2v) is 4.92. The Balaban J connectivity index is 1.78. The molecule has 3 nitrogen and oxygen atoms in total. The minimum absolute atomic E-state index is 0.389.